The standard InChI is InChI=1S/C16H19NOS2/c1-12-5-7-13(8-6-12)15(14-9-10-19-11-14)17-20(18)16(2,3)4/h5-11H,1-4H3/b17-15-. The molecule has 0 fully saturated rings. The van der Waals surface area contributed by atoms with Gasteiger partial charge in [0.2, 0.25) is 0 Å². The van der Waals surface area contributed by atoms with Gasteiger partial charge in [0.25, 0.3) is 0 Å². The molecule has 4 heteroatoms. The second-order valence-corrected chi connectivity index (χ2v) is 8.37. The predicted molar refractivity (Wildman–Crippen MR) is 89.0 cm³/mol. The Morgan fingerprint density at radius 2 is 1.75 bits per heavy atom. The summed E-state index contributed by atoms with van der Waals surface area (Å²) in [5, 5.41) is 4.05. The normalized spacial score (nSPS) is 14.3. The molecule has 0 amide bonds. The van der Waals surface area contributed by atoms with Crippen molar-refractivity contribution in [3.63, 3.8) is 0 Å². The molecule has 2 aromatic rings. The Balaban J connectivity index is 2.49. The molecule has 1 aromatic carbocycles. The van der Waals surface area contributed by atoms with Gasteiger partial charge in [0.05, 0.1) is 10.5 Å². The first-order valence-corrected chi connectivity index (χ1v) is 8.53. The zero-order chi connectivity index (χ0) is 14.8. The third-order valence-corrected chi connectivity index (χ3v) is 4.90. The van der Waals surface area contributed by atoms with Gasteiger partial charge in [0.15, 0.2) is 0 Å². The second kappa shape index (κ2) is 6.02. The van der Waals surface area contributed by atoms with E-state index in [9.17, 15) is 4.21 Å². The molecule has 0 aliphatic rings. The predicted octanol–water partition coefficient (Wildman–Crippen LogP) is 4.36. The van der Waals surface area contributed by atoms with Crippen molar-refractivity contribution in [1.82, 2.24) is 0 Å². The molecule has 1 unspecified atom stereocenters. The van der Waals surface area contributed by atoms with E-state index in [0.29, 0.717) is 0 Å². The zero-order valence-corrected chi connectivity index (χ0v) is 13.8. The van der Waals surface area contributed by atoms with Crippen molar-refractivity contribution in [2.45, 2.75) is 32.4 Å². The van der Waals surface area contributed by atoms with Crippen LogP contribution in [0.25, 0.3) is 0 Å². The lowest BCUT2D eigenvalue weighted by Crippen LogP contribution is -2.21. The quantitative estimate of drug-likeness (QED) is 0.775. The molecule has 0 saturated carbocycles. The molecule has 1 aromatic heterocycles. The summed E-state index contributed by atoms with van der Waals surface area (Å²) in [6.45, 7) is 7.87. The fourth-order valence-corrected chi connectivity index (χ4v) is 2.89. The Hall–Kier alpha value is -1.26. The average molecular weight is 305 g/mol. The van der Waals surface area contributed by atoms with Gasteiger partial charge >= 0.3 is 0 Å². The maximum Gasteiger partial charge on any atom is 0.145 e. The minimum Gasteiger partial charge on any atom is -0.234 e. The average Bonchev–Trinajstić information content (AvgIpc) is 2.89. The van der Waals surface area contributed by atoms with E-state index in [1.165, 1.54) is 5.56 Å². The van der Waals surface area contributed by atoms with Crippen molar-refractivity contribution in [2.75, 3.05) is 0 Å². The highest BCUT2D eigenvalue weighted by Gasteiger charge is 2.20. The van der Waals surface area contributed by atoms with E-state index < -0.39 is 11.0 Å². The smallest absolute Gasteiger partial charge is 0.145 e. The summed E-state index contributed by atoms with van der Waals surface area (Å²) in [5.41, 5.74) is 4.04. The lowest BCUT2D eigenvalue weighted by molar-refractivity contribution is 0.650. The van der Waals surface area contributed by atoms with Crippen molar-refractivity contribution in [2.24, 2.45) is 4.40 Å². The van der Waals surface area contributed by atoms with Crippen molar-refractivity contribution in [1.29, 1.82) is 0 Å². The van der Waals surface area contributed by atoms with E-state index in [-0.39, 0.29) is 4.75 Å². The van der Waals surface area contributed by atoms with E-state index in [1.807, 2.05) is 49.7 Å². The number of rotatable bonds is 3. The van der Waals surface area contributed by atoms with Crippen LogP contribution in [-0.2, 0) is 11.0 Å². The Labute approximate surface area is 127 Å². The maximum atomic E-state index is 12.3. The van der Waals surface area contributed by atoms with Gasteiger partial charge in [-0.2, -0.15) is 15.7 Å². The monoisotopic (exact) mass is 305 g/mol. The first-order chi connectivity index (χ1) is 9.38. The van der Waals surface area contributed by atoms with Gasteiger partial charge < -0.3 is 0 Å². The molecule has 2 rings (SSSR count). The summed E-state index contributed by atoms with van der Waals surface area (Å²) < 4.78 is 16.5. The molecular weight excluding hydrogens is 286 g/mol. The van der Waals surface area contributed by atoms with E-state index in [1.54, 1.807) is 11.3 Å². The van der Waals surface area contributed by atoms with Crippen LogP contribution < -0.4 is 0 Å². The van der Waals surface area contributed by atoms with Gasteiger partial charge in [0.1, 0.15) is 11.0 Å². The van der Waals surface area contributed by atoms with Crippen LogP contribution in [0.4, 0.5) is 0 Å². The highest BCUT2D eigenvalue weighted by atomic mass is 32.2. The van der Waals surface area contributed by atoms with Crippen LogP contribution in [0.1, 0.15) is 37.5 Å². The topological polar surface area (TPSA) is 29.4 Å². The van der Waals surface area contributed by atoms with E-state index >= 15 is 0 Å². The van der Waals surface area contributed by atoms with E-state index in [4.69, 9.17) is 0 Å². The Kier molecular flexibility index (Phi) is 4.55. The second-order valence-electron chi connectivity index (χ2n) is 5.68. The molecule has 2 nitrogen and oxygen atoms in total. The molecule has 1 heterocycles. The lowest BCUT2D eigenvalue weighted by atomic mass is 10.0. The first-order valence-electron chi connectivity index (χ1n) is 6.48. The molecule has 0 aliphatic heterocycles. The van der Waals surface area contributed by atoms with Gasteiger partial charge in [-0.1, -0.05) is 29.8 Å². The van der Waals surface area contributed by atoms with Crippen LogP contribution in [0.5, 0.6) is 0 Å². The van der Waals surface area contributed by atoms with Crippen molar-refractivity contribution >= 4 is 28.0 Å². The molecule has 20 heavy (non-hydrogen) atoms. The van der Waals surface area contributed by atoms with Crippen LogP contribution >= 0.6 is 11.3 Å². The Morgan fingerprint density at radius 3 is 2.25 bits per heavy atom. The summed E-state index contributed by atoms with van der Waals surface area (Å²) in [6, 6.07) is 10.2. The summed E-state index contributed by atoms with van der Waals surface area (Å²) in [6.07, 6.45) is 0. The van der Waals surface area contributed by atoms with Crippen LogP contribution in [0, 0.1) is 6.92 Å². The largest absolute Gasteiger partial charge is 0.234 e. The maximum absolute atomic E-state index is 12.3. The molecular formula is C16H19NOS2. The van der Waals surface area contributed by atoms with E-state index in [0.717, 1.165) is 16.8 Å². The van der Waals surface area contributed by atoms with Gasteiger partial charge in [-0.05, 0) is 39.1 Å². The van der Waals surface area contributed by atoms with Gasteiger partial charge in [-0.3, -0.25) is 0 Å². The van der Waals surface area contributed by atoms with Crippen molar-refractivity contribution in [3.8, 4) is 0 Å². The minimum atomic E-state index is -1.27. The van der Waals surface area contributed by atoms with Gasteiger partial charge in [-0.25, -0.2) is 4.21 Å². The highest BCUT2D eigenvalue weighted by molar-refractivity contribution is 7.85. The SMILES string of the molecule is Cc1ccc(/C(=N/S(=O)C(C)(C)C)c2ccsc2)cc1. The summed E-state index contributed by atoms with van der Waals surface area (Å²) in [5.74, 6) is 0. The number of hydrogen-bond donors (Lipinski definition) is 0. The lowest BCUT2D eigenvalue weighted by Gasteiger charge is -2.15. The van der Waals surface area contributed by atoms with Gasteiger partial charge in [0, 0.05) is 16.5 Å². The summed E-state index contributed by atoms with van der Waals surface area (Å²) in [4.78, 5) is 0. The molecule has 0 saturated heterocycles. The van der Waals surface area contributed by atoms with Crippen LogP contribution in [0.2, 0.25) is 0 Å². The Morgan fingerprint density at radius 1 is 1.10 bits per heavy atom. The van der Waals surface area contributed by atoms with Crippen LogP contribution in [-0.4, -0.2) is 14.7 Å². The zero-order valence-electron chi connectivity index (χ0n) is 12.2. The number of nitrogens with zero attached hydrogens (tertiary/aromatic N) is 1. The minimum absolute atomic E-state index is 0.355. The molecule has 0 radical (unpaired) electrons. The number of aryl methyl sites for hydroxylation is 1. The van der Waals surface area contributed by atoms with Crippen LogP contribution in [0.15, 0.2) is 45.5 Å². The molecule has 1 atom stereocenters. The van der Waals surface area contributed by atoms with Crippen molar-refractivity contribution < 1.29 is 4.21 Å². The fraction of sp³-hybridized carbons (Fsp3) is 0.312. The molecule has 0 bridgehead atoms. The molecule has 0 N–H and O–H groups in total. The van der Waals surface area contributed by atoms with E-state index in [2.05, 4.69) is 23.5 Å². The van der Waals surface area contributed by atoms with Crippen LogP contribution in [0.3, 0.4) is 0 Å². The first kappa shape index (κ1) is 15.1. The third kappa shape index (κ3) is 3.64. The highest BCUT2D eigenvalue weighted by Crippen LogP contribution is 2.19. The number of thiophene rings is 1. The summed E-state index contributed by atoms with van der Waals surface area (Å²) in [7, 11) is -1.27. The third-order valence-electron chi connectivity index (χ3n) is 2.82. The molecule has 0 aliphatic carbocycles. The molecule has 0 spiro atoms. The van der Waals surface area contributed by atoms with Gasteiger partial charge in [-0.15, -0.1) is 0 Å². The van der Waals surface area contributed by atoms with Crippen molar-refractivity contribution in [3.05, 3.63) is 57.8 Å². The number of hydrogen-bond acceptors (Lipinski definition) is 2. The summed E-state index contributed by atoms with van der Waals surface area (Å²) >= 11 is 1.62. The Bertz CT molecular complexity index is 619. The molecule has 106 valence electrons. The fourth-order valence-electron chi connectivity index (χ4n) is 1.60. The number of benzene rings is 1.